The number of hydrogen-bond acceptors (Lipinski definition) is 7. The minimum Gasteiger partial charge on any atom is -0.351 e. The van der Waals surface area contributed by atoms with Gasteiger partial charge in [-0.15, -0.1) is 0 Å². The number of carbonyl (C=O) groups is 2. The zero-order chi connectivity index (χ0) is 25.6. The lowest BCUT2D eigenvalue weighted by molar-refractivity contribution is -0.129. The first-order valence-corrected chi connectivity index (χ1v) is 13.0. The van der Waals surface area contributed by atoms with E-state index in [0.29, 0.717) is 24.4 Å². The van der Waals surface area contributed by atoms with Crippen molar-refractivity contribution in [3.8, 4) is 0 Å². The number of nitrogens with zero attached hydrogens (tertiary/aromatic N) is 4. The molecule has 2 amide bonds. The number of hydrogen-bond donors (Lipinski definition) is 3. The summed E-state index contributed by atoms with van der Waals surface area (Å²) in [4.78, 5) is 34.9. The van der Waals surface area contributed by atoms with Crippen molar-refractivity contribution in [3.63, 3.8) is 0 Å². The van der Waals surface area contributed by atoms with Gasteiger partial charge in [0.15, 0.2) is 5.13 Å². The molecule has 36 heavy (non-hydrogen) atoms. The number of rotatable bonds is 16. The van der Waals surface area contributed by atoms with Gasteiger partial charge in [-0.2, -0.15) is 0 Å². The lowest BCUT2D eigenvalue weighted by Gasteiger charge is -2.22. The van der Waals surface area contributed by atoms with Gasteiger partial charge in [0.2, 0.25) is 5.91 Å². The van der Waals surface area contributed by atoms with Crippen LogP contribution in [0.1, 0.15) is 60.2 Å². The second-order valence-electron chi connectivity index (χ2n) is 8.52. The van der Waals surface area contributed by atoms with Crippen LogP contribution in [-0.2, 0) is 17.9 Å². The Bertz CT molecular complexity index is 1060. The van der Waals surface area contributed by atoms with Crippen molar-refractivity contribution >= 4 is 28.3 Å². The molecule has 0 bridgehead atoms. The van der Waals surface area contributed by atoms with E-state index in [1.165, 1.54) is 23.5 Å². The van der Waals surface area contributed by atoms with Crippen LogP contribution in [0.15, 0.2) is 49.2 Å². The highest BCUT2D eigenvalue weighted by atomic mass is 32.1. The van der Waals surface area contributed by atoms with E-state index in [2.05, 4.69) is 20.2 Å². The monoisotopic (exact) mass is 516 g/mol. The predicted molar refractivity (Wildman–Crippen MR) is 136 cm³/mol. The molecule has 0 aliphatic heterocycles. The van der Waals surface area contributed by atoms with Gasteiger partial charge < -0.3 is 14.8 Å². The van der Waals surface area contributed by atoms with Crippen molar-refractivity contribution < 1.29 is 19.2 Å². The van der Waals surface area contributed by atoms with Gasteiger partial charge >= 0.3 is 0 Å². The number of amides is 2. The Morgan fingerprint density at radius 3 is 2.61 bits per heavy atom. The van der Waals surface area contributed by atoms with Crippen LogP contribution >= 0.6 is 11.3 Å². The summed E-state index contributed by atoms with van der Waals surface area (Å²) in [6.07, 6.45) is 12.6. The number of carbonyl (C=O) groups excluding carboxylic acids is 2. The zero-order valence-electron chi connectivity index (χ0n) is 20.2. The largest absolute Gasteiger partial charge is 0.351 e. The standard InChI is InChI=1S/C25H33FN6O3S/c26-21-10-8-20(9-11-21)18-32(15-5-3-1-2-4-7-23(33)30-35)25-29-17-22(36-25)24(34)28-12-6-14-31-16-13-27-19-31/h8-11,13,16-17,19,35H,1-7,12,14-15,18H2,(H,28,34)(H,30,33). The van der Waals surface area contributed by atoms with Crippen LogP contribution in [0.3, 0.4) is 0 Å². The summed E-state index contributed by atoms with van der Waals surface area (Å²) in [5.74, 6) is -0.776. The summed E-state index contributed by atoms with van der Waals surface area (Å²) in [7, 11) is 0. The maximum atomic E-state index is 13.4. The number of halogens is 1. The Balaban J connectivity index is 1.50. The number of hydroxylamine groups is 1. The van der Waals surface area contributed by atoms with Gasteiger partial charge in [-0.3, -0.25) is 14.8 Å². The fourth-order valence-electron chi connectivity index (χ4n) is 3.71. The molecule has 0 fully saturated rings. The number of nitrogens with one attached hydrogen (secondary N) is 2. The number of anilines is 1. The van der Waals surface area contributed by atoms with Crippen molar-refractivity contribution in [2.24, 2.45) is 0 Å². The maximum absolute atomic E-state index is 13.4. The van der Waals surface area contributed by atoms with Crippen molar-refractivity contribution in [1.82, 2.24) is 25.3 Å². The minimum atomic E-state index is -0.359. The summed E-state index contributed by atoms with van der Waals surface area (Å²) in [5.41, 5.74) is 2.61. The number of imidazole rings is 1. The third kappa shape index (κ3) is 9.38. The fraction of sp³-hybridized carbons (Fsp3) is 0.440. The van der Waals surface area contributed by atoms with E-state index in [0.717, 1.165) is 62.3 Å². The highest BCUT2D eigenvalue weighted by Gasteiger charge is 2.16. The molecule has 0 radical (unpaired) electrons. The normalized spacial score (nSPS) is 10.8. The first kappa shape index (κ1) is 27.3. The minimum absolute atomic E-state index is 0.141. The Kier molecular flexibility index (Phi) is 11.3. The van der Waals surface area contributed by atoms with Crippen LogP contribution < -0.4 is 15.7 Å². The first-order chi connectivity index (χ1) is 17.5. The molecule has 194 valence electrons. The maximum Gasteiger partial charge on any atom is 0.263 e. The van der Waals surface area contributed by atoms with Gasteiger partial charge in [-0.1, -0.05) is 42.7 Å². The number of aromatic nitrogens is 3. The third-order valence-corrected chi connectivity index (χ3v) is 6.73. The van der Waals surface area contributed by atoms with E-state index in [1.54, 1.807) is 36.3 Å². The number of unbranched alkanes of at least 4 members (excludes halogenated alkanes) is 4. The highest BCUT2D eigenvalue weighted by Crippen LogP contribution is 2.25. The second kappa shape index (κ2) is 14.9. The Morgan fingerprint density at radius 1 is 1.08 bits per heavy atom. The molecule has 3 aromatic rings. The first-order valence-electron chi connectivity index (χ1n) is 12.2. The van der Waals surface area contributed by atoms with Crippen LogP contribution in [-0.4, -0.2) is 44.6 Å². The quantitative estimate of drug-likeness (QED) is 0.150. The van der Waals surface area contributed by atoms with Gasteiger partial charge in [0.25, 0.3) is 5.91 Å². The molecule has 0 aliphatic rings. The van der Waals surface area contributed by atoms with Gasteiger partial charge in [-0.25, -0.2) is 19.8 Å². The van der Waals surface area contributed by atoms with Gasteiger partial charge in [0.05, 0.1) is 12.5 Å². The smallest absolute Gasteiger partial charge is 0.263 e. The molecule has 9 nitrogen and oxygen atoms in total. The van der Waals surface area contributed by atoms with E-state index in [9.17, 15) is 14.0 Å². The van der Waals surface area contributed by atoms with Crippen LogP contribution in [0.2, 0.25) is 0 Å². The summed E-state index contributed by atoms with van der Waals surface area (Å²) in [6, 6.07) is 6.41. The fourth-order valence-corrected chi connectivity index (χ4v) is 4.57. The lowest BCUT2D eigenvalue weighted by Crippen LogP contribution is -2.24. The Labute approximate surface area is 214 Å². The van der Waals surface area contributed by atoms with E-state index >= 15 is 0 Å². The molecule has 2 heterocycles. The lowest BCUT2D eigenvalue weighted by atomic mass is 10.1. The van der Waals surface area contributed by atoms with E-state index in [4.69, 9.17) is 5.21 Å². The Hall–Kier alpha value is -3.31. The van der Waals surface area contributed by atoms with Crippen LogP contribution in [0.25, 0.3) is 0 Å². The number of aryl methyl sites for hydroxylation is 1. The van der Waals surface area contributed by atoms with Gasteiger partial charge in [0, 0.05) is 45.0 Å². The van der Waals surface area contributed by atoms with E-state index in [1.807, 2.05) is 10.8 Å². The average molecular weight is 517 g/mol. The van der Waals surface area contributed by atoms with E-state index < -0.39 is 0 Å². The highest BCUT2D eigenvalue weighted by molar-refractivity contribution is 7.17. The topological polar surface area (TPSA) is 112 Å². The van der Waals surface area contributed by atoms with Gasteiger partial charge in [-0.05, 0) is 37.0 Å². The molecule has 0 aliphatic carbocycles. The molecular formula is C25H33FN6O3S. The van der Waals surface area contributed by atoms with Crippen LogP contribution in [0.4, 0.5) is 9.52 Å². The summed E-state index contributed by atoms with van der Waals surface area (Å²) >= 11 is 1.35. The molecule has 11 heteroatoms. The third-order valence-electron chi connectivity index (χ3n) is 5.67. The molecule has 3 N–H and O–H groups in total. The summed E-state index contributed by atoms with van der Waals surface area (Å²) in [5, 5.41) is 12.2. The molecule has 0 saturated heterocycles. The molecule has 1 aromatic carbocycles. The zero-order valence-corrected chi connectivity index (χ0v) is 21.1. The van der Waals surface area contributed by atoms with Crippen molar-refractivity contribution in [2.45, 2.75) is 58.0 Å². The van der Waals surface area contributed by atoms with E-state index in [-0.39, 0.29) is 17.6 Å². The van der Waals surface area contributed by atoms with Crippen LogP contribution in [0, 0.1) is 5.82 Å². The molecule has 0 saturated carbocycles. The molecule has 2 aromatic heterocycles. The predicted octanol–water partition coefficient (Wildman–Crippen LogP) is 4.15. The average Bonchev–Trinajstić information content (AvgIpc) is 3.59. The number of thiazole rings is 1. The van der Waals surface area contributed by atoms with Crippen molar-refractivity contribution in [2.75, 3.05) is 18.0 Å². The number of benzene rings is 1. The molecule has 3 rings (SSSR count). The van der Waals surface area contributed by atoms with Crippen molar-refractivity contribution in [1.29, 1.82) is 0 Å². The summed E-state index contributed by atoms with van der Waals surface area (Å²) in [6.45, 7) is 2.65. The molecule has 0 unspecified atom stereocenters. The molecule has 0 spiro atoms. The molecular weight excluding hydrogens is 483 g/mol. The summed E-state index contributed by atoms with van der Waals surface area (Å²) < 4.78 is 15.3. The molecule has 0 atom stereocenters. The SMILES string of the molecule is O=C(CCCCCCCN(Cc1ccc(F)cc1)c1ncc(C(=O)NCCCn2ccnc2)s1)NO. The second-order valence-corrected chi connectivity index (χ2v) is 9.53. The van der Waals surface area contributed by atoms with Crippen LogP contribution in [0.5, 0.6) is 0 Å². The van der Waals surface area contributed by atoms with Crippen molar-refractivity contribution in [3.05, 3.63) is 65.4 Å². The van der Waals surface area contributed by atoms with Gasteiger partial charge in [0.1, 0.15) is 10.7 Å². The Morgan fingerprint density at radius 2 is 1.86 bits per heavy atom.